The first kappa shape index (κ1) is 83.1. The van der Waals surface area contributed by atoms with Gasteiger partial charge < -0.3 is 19.6 Å². The van der Waals surface area contributed by atoms with E-state index in [4.69, 9.17) is 9.97 Å². The minimum Gasteiger partial charge on any atom is -0.310 e. The number of hydrogen-bond donors (Lipinski definition) is 0. The molecule has 8 heteroatoms. The standard InChI is InChI=1S/C49H35N3.C41H31N3.C40H28N2/c1-32-30-45(51(36-18-4-3-5-19-36)43-22-12-16-34-14-6-8-20-39(34)43)41-27-25-38-33(2)31-46(42-28-26-37(32)48(41)49(38)42)52(47-24-10-11-29-50-47)44-23-13-17-35-15-7-9-21-40(35)44;1-28-13-20-34(21-14-28)43(32-9-5-3-6-10-32)37-24-18-30-17-23-36-38(25-19-31-16-22-35(37)40(30)41(31)36)44(33-11-7-4-8-12-33)39-26-15-29(2)27-42-39;1-5-13-31(14-6-1)41(32-15-7-2-8-16-32)37-27-23-29-22-26-36-38(28-24-30-21-25-35(37)39(29)40(30)36)42(33-17-9-3-10-18-33)34-19-11-4-12-20-34/h3-31H,1-2H3;3-27H,1-2H3;1-28H. The lowest BCUT2D eigenvalue weighted by atomic mass is 9.88. The van der Waals surface area contributed by atoms with Crippen LogP contribution in [0, 0.1) is 27.7 Å². The molecule has 0 spiro atoms. The predicted molar refractivity (Wildman–Crippen MR) is 588 cm³/mol. The van der Waals surface area contributed by atoms with Crippen molar-refractivity contribution in [3.63, 3.8) is 0 Å². The van der Waals surface area contributed by atoms with Crippen molar-refractivity contribution in [1.82, 2.24) is 9.97 Å². The van der Waals surface area contributed by atoms with Crippen LogP contribution in [-0.2, 0) is 0 Å². The van der Waals surface area contributed by atoms with E-state index < -0.39 is 0 Å². The van der Waals surface area contributed by atoms with E-state index in [0.29, 0.717) is 0 Å². The van der Waals surface area contributed by atoms with Gasteiger partial charge in [0.1, 0.15) is 11.6 Å². The lowest BCUT2D eigenvalue weighted by molar-refractivity contribution is 1.17. The first-order chi connectivity index (χ1) is 68.2. The van der Waals surface area contributed by atoms with Crippen LogP contribution in [0.4, 0.5) is 103 Å². The highest BCUT2D eigenvalue weighted by molar-refractivity contribution is 6.32. The Morgan fingerprint density at radius 2 is 0.428 bits per heavy atom. The number of pyridine rings is 2. The van der Waals surface area contributed by atoms with Crippen molar-refractivity contribution in [1.29, 1.82) is 0 Å². The van der Waals surface area contributed by atoms with Gasteiger partial charge in [0.25, 0.3) is 0 Å². The molecule has 138 heavy (non-hydrogen) atoms. The fourth-order valence-corrected chi connectivity index (χ4v) is 21.1. The van der Waals surface area contributed by atoms with E-state index in [1.165, 1.54) is 152 Å². The van der Waals surface area contributed by atoms with E-state index in [9.17, 15) is 0 Å². The fourth-order valence-electron chi connectivity index (χ4n) is 21.1. The normalized spacial score (nSPS) is 11.5. The Labute approximate surface area is 802 Å². The minimum atomic E-state index is 0.886. The maximum absolute atomic E-state index is 4.94. The van der Waals surface area contributed by atoms with Crippen LogP contribution in [0.25, 0.3) is 118 Å². The Morgan fingerprint density at radius 1 is 0.152 bits per heavy atom. The average Bonchev–Trinajstić information content (AvgIpc) is 0.732. The molecule has 0 amide bonds. The van der Waals surface area contributed by atoms with E-state index in [1.54, 1.807) is 0 Å². The first-order valence-corrected chi connectivity index (χ1v) is 47.3. The zero-order valence-corrected chi connectivity index (χ0v) is 76.9. The second kappa shape index (κ2) is 35.5. The van der Waals surface area contributed by atoms with Crippen molar-refractivity contribution in [3.8, 4) is 0 Å². The molecule has 0 fully saturated rings. The van der Waals surface area contributed by atoms with Gasteiger partial charge in [-0.25, -0.2) is 9.97 Å². The molecule has 2 heterocycles. The molecule has 0 aliphatic heterocycles. The molecule has 654 valence electrons. The Balaban J connectivity index is 0.000000113. The van der Waals surface area contributed by atoms with Crippen LogP contribution in [0.2, 0.25) is 0 Å². The second-order valence-corrected chi connectivity index (χ2v) is 35.8. The fraction of sp³-hybridized carbons (Fsp3) is 0.0308. The van der Waals surface area contributed by atoms with Gasteiger partial charge in [-0.15, -0.1) is 0 Å². The van der Waals surface area contributed by atoms with Gasteiger partial charge in [0.2, 0.25) is 0 Å². The summed E-state index contributed by atoms with van der Waals surface area (Å²) < 4.78 is 0. The third-order valence-electron chi connectivity index (χ3n) is 27.4. The number of para-hydroxylation sites is 7. The number of hydrogen-bond acceptors (Lipinski definition) is 8. The van der Waals surface area contributed by atoms with Crippen LogP contribution in [0.1, 0.15) is 22.3 Å². The van der Waals surface area contributed by atoms with Crippen molar-refractivity contribution in [2.24, 2.45) is 0 Å². The quantitative estimate of drug-likeness (QED) is 0.0788. The van der Waals surface area contributed by atoms with E-state index in [-0.39, 0.29) is 0 Å². The summed E-state index contributed by atoms with van der Waals surface area (Å²) in [5, 5.41) is 27.3. The SMILES string of the molecule is Cc1cc(N(c2ccccc2)c2cccc3ccccc23)c2ccc3c(C)cc(N(c4ccccn4)c4cccc5ccccc45)c4ccc1c2c34.Cc1ccc(N(c2ccccc2)c2ccc3ccc4c(N(c5ccccc5)c5ccc(C)cn5)ccc5ccc2c3c54)cc1.c1ccc(N(c2ccccc2)c2ccc3ccc4c(N(c5ccccc5)c5ccccc5)ccc5ccc2c3c54)cc1. The highest BCUT2D eigenvalue weighted by atomic mass is 15.2. The lowest BCUT2D eigenvalue weighted by Crippen LogP contribution is -2.13. The summed E-state index contributed by atoms with van der Waals surface area (Å²) in [5.41, 5.74) is 23.0. The third-order valence-corrected chi connectivity index (χ3v) is 27.4. The molecule has 8 nitrogen and oxygen atoms in total. The van der Waals surface area contributed by atoms with Gasteiger partial charge >= 0.3 is 0 Å². The predicted octanol–water partition coefficient (Wildman–Crippen LogP) is 36.9. The zero-order valence-electron chi connectivity index (χ0n) is 76.9. The number of rotatable bonds is 18. The van der Waals surface area contributed by atoms with Gasteiger partial charge in [0.15, 0.2) is 0 Å². The van der Waals surface area contributed by atoms with E-state index in [0.717, 1.165) is 91.1 Å². The molecule has 0 saturated heterocycles. The molecule has 0 bridgehead atoms. The molecule has 24 aromatic carbocycles. The molecule has 26 aromatic rings. The molecule has 0 aliphatic rings. The largest absolute Gasteiger partial charge is 0.310 e. The molecule has 0 atom stereocenters. The van der Waals surface area contributed by atoms with Crippen LogP contribution in [-0.4, -0.2) is 9.97 Å². The van der Waals surface area contributed by atoms with Crippen molar-refractivity contribution in [3.05, 3.63) is 520 Å². The van der Waals surface area contributed by atoms with Crippen LogP contribution < -0.4 is 29.4 Å². The van der Waals surface area contributed by atoms with Gasteiger partial charge in [-0.1, -0.05) is 327 Å². The maximum atomic E-state index is 4.94. The highest BCUT2D eigenvalue weighted by Gasteiger charge is 2.29. The number of fused-ring (bicyclic) bond motifs is 2. The van der Waals surface area contributed by atoms with Crippen molar-refractivity contribution >= 4 is 221 Å². The van der Waals surface area contributed by atoms with Crippen LogP contribution in [0.3, 0.4) is 0 Å². The maximum Gasteiger partial charge on any atom is 0.137 e. The molecule has 26 rings (SSSR count). The minimum absolute atomic E-state index is 0.886. The summed E-state index contributed by atoms with van der Waals surface area (Å²) in [6, 6.07) is 175. The van der Waals surface area contributed by atoms with Gasteiger partial charge in [-0.05, 0) is 284 Å². The second-order valence-electron chi connectivity index (χ2n) is 35.8. The summed E-state index contributed by atoms with van der Waals surface area (Å²) in [6.07, 6.45) is 3.83. The summed E-state index contributed by atoms with van der Waals surface area (Å²) in [7, 11) is 0. The Morgan fingerprint density at radius 3 is 0.797 bits per heavy atom. The number of aromatic nitrogens is 2. The molecular formula is C130H94N8. The first-order valence-electron chi connectivity index (χ1n) is 47.3. The van der Waals surface area contributed by atoms with Crippen LogP contribution >= 0.6 is 0 Å². The average molecular weight is 1770 g/mol. The summed E-state index contributed by atoms with van der Waals surface area (Å²) in [6.45, 7) is 8.71. The topological polar surface area (TPSA) is 45.2 Å². The molecule has 0 aliphatic carbocycles. The molecule has 0 unspecified atom stereocenters. The van der Waals surface area contributed by atoms with Crippen LogP contribution in [0.15, 0.2) is 498 Å². The van der Waals surface area contributed by atoms with E-state index >= 15 is 0 Å². The monoisotopic (exact) mass is 1770 g/mol. The molecule has 2 aromatic heterocycles. The van der Waals surface area contributed by atoms with E-state index in [1.807, 2.05) is 18.5 Å². The number of benzene rings is 24. The van der Waals surface area contributed by atoms with Gasteiger partial charge in [-0.2, -0.15) is 0 Å². The molecule has 0 saturated carbocycles. The van der Waals surface area contributed by atoms with Gasteiger partial charge in [0, 0.05) is 101 Å². The Bertz CT molecular complexity index is 8320. The lowest BCUT2D eigenvalue weighted by Gasteiger charge is -2.30. The Kier molecular flexibility index (Phi) is 21.4. The van der Waals surface area contributed by atoms with Gasteiger partial charge in [0.05, 0.1) is 45.5 Å². The van der Waals surface area contributed by atoms with E-state index in [2.05, 4.69) is 536 Å². The summed E-state index contributed by atoms with van der Waals surface area (Å²) in [5.74, 6) is 1.78. The highest BCUT2D eigenvalue weighted by Crippen LogP contribution is 2.55. The third kappa shape index (κ3) is 14.8. The number of nitrogens with zero attached hydrogens (tertiary/aromatic N) is 8. The molecule has 0 radical (unpaired) electrons. The van der Waals surface area contributed by atoms with Gasteiger partial charge in [-0.3, -0.25) is 9.80 Å². The number of aryl methyl sites for hydroxylation is 4. The summed E-state index contributed by atoms with van der Waals surface area (Å²) in [4.78, 5) is 24.0. The smallest absolute Gasteiger partial charge is 0.137 e. The Hall–Kier alpha value is -18.0. The zero-order chi connectivity index (χ0) is 92.3. The molecular weight excluding hydrogens is 1670 g/mol. The van der Waals surface area contributed by atoms with Crippen LogP contribution in [0.5, 0.6) is 0 Å². The van der Waals surface area contributed by atoms with Crippen molar-refractivity contribution in [2.75, 3.05) is 29.4 Å². The number of anilines is 18. The van der Waals surface area contributed by atoms with Crippen molar-refractivity contribution in [2.45, 2.75) is 27.7 Å². The molecule has 0 N–H and O–H groups in total. The summed E-state index contributed by atoms with van der Waals surface area (Å²) >= 11 is 0. The van der Waals surface area contributed by atoms with Crippen molar-refractivity contribution < 1.29 is 0 Å².